The van der Waals surface area contributed by atoms with Crippen LogP contribution in [-0.2, 0) is 4.79 Å². The Hall–Kier alpha value is -1.62. The van der Waals surface area contributed by atoms with E-state index in [1.165, 1.54) is 6.20 Å². The van der Waals surface area contributed by atoms with E-state index in [4.69, 9.17) is 16.7 Å². The maximum atomic E-state index is 12.3. The fourth-order valence-electron chi connectivity index (χ4n) is 3.07. The number of halogens is 1. The Labute approximate surface area is 121 Å². The van der Waals surface area contributed by atoms with E-state index < -0.39 is 5.97 Å². The van der Waals surface area contributed by atoms with Gasteiger partial charge in [-0.25, -0.2) is 4.98 Å². The van der Waals surface area contributed by atoms with Crippen molar-refractivity contribution in [1.29, 1.82) is 0 Å². The molecule has 1 aromatic heterocycles. The van der Waals surface area contributed by atoms with Crippen molar-refractivity contribution in [3.63, 3.8) is 0 Å². The summed E-state index contributed by atoms with van der Waals surface area (Å²) in [5.41, 5.74) is 0.326. The third-order valence-electron chi connectivity index (χ3n) is 4.48. The molecule has 1 atom stereocenters. The SMILES string of the molecule is O=C(O)C1CC12CCN(C(=O)c1ccc(Cl)cn1)CC2. The maximum absolute atomic E-state index is 12.3. The van der Waals surface area contributed by atoms with Crippen molar-refractivity contribution < 1.29 is 14.7 Å². The van der Waals surface area contributed by atoms with Gasteiger partial charge < -0.3 is 10.0 Å². The van der Waals surface area contributed by atoms with E-state index in [9.17, 15) is 9.59 Å². The summed E-state index contributed by atoms with van der Waals surface area (Å²) in [6.07, 6.45) is 3.75. The van der Waals surface area contributed by atoms with E-state index >= 15 is 0 Å². The average molecular weight is 295 g/mol. The highest BCUT2D eigenvalue weighted by atomic mass is 35.5. The first-order chi connectivity index (χ1) is 9.52. The van der Waals surface area contributed by atoms with Crippen LogP contribution in [0.3, 0.4) is 0 Å². The van der Waals surface area contributed by atoms with E-state index in [0.717, 1.165) is 19.3 Å². The molecule has 2 aliphatic rings. The van der Waals surface area contributed by atoms with Crippen LogP contribution in [0.15, 0.2) is 18.3 Å². The molecule has 0 bridgehead atoms. The number of carboxylic acids is 1. The molecule has 3 rings (SSSR count). The Morgan fingerprint density at radius 1 is 1.35 bits per heavy atom. The van der Waals surface area contributed by atoms with Crippen LogP contribution in [0.1, 0.15) is 29.8 Å². The first-order valence-electron chi connectivity index (χ1n) is 6.65. The van der Waals surface area contributed by atoms with Crippen molar-refractivity contribution in [2.75, 3.05) is 13.1 Å². The fraction of sp³-hybridized carbons (Fsp3) is 0.500. The van der Waals surface area contributed by atoms with Crippen LogP contribution in [0.5, 0.6) is 0 Å². The fourth-order valence-corrected chi connectivity index (χ4v) is 3.18. The number of pyridine rings is 1. The smallest absolute Gasteiger partial charge is 0.307 e. The second-order valence-electron chi connectivity index (χ2n) is 5.61. The van der Waals surface area contributed by atoms with Gasteiger partial charge in [0, 0.05) is 19.3 Å². The summed E-state index contributed by atoms with van der Waals surface area (Å²) in [6, 6.07) is 3.26. The zero-order chi connectivity index (χ0) is 14.3. The molecule has 1 amide bonds. The molecule has 20 heavy (non-hydrogen) atoms. The van der Waals surface area contributed by atoms with Gasteiger partial charge >= 0.3 is 5.97 Å². The first-order valence-corrected chi connectivity index (χ1v) is 7.03. The minimum atomic E-state index is -0.704. The summed E-state index contributed by atoms with van der Waals surface area (Å²) >= 11 is 5.75. The second-order valence-corrected chi connectivity index (χ2v) is 6.05. The maximum Gasteiger partial charge on any atom is 0.307 e. The lowest BCUT2D eigenvalue weighted by Crippen LogP contribution is -2.40. The number of hydrogen-bond acceptors (Lipinski definition) is 3. The van der Waals surface area contributed by atoms with Crippen molar-refractivity contribution >= 4 is 23.5 Å². The predicted molar refractivity (Wildman–Crippen MR) is 72.6 cm³/mol. The standard InChI is InChI=1S/C14H15ClN2O3/c15-9-1-2-11(16-8-9)12(18)17-5-3-14(4-6-17)7-10(14)13(19)20/h1-2,8,10H,3-7H2,(H,19,20). The molecular weight excluding hydrogens is 280 g/mol. The molecule has 1 saturated heterocycles. The number of aromatic nitrogens is 1. The van der Waals surface area contributed by atoms with Crippen molar-refractivity contribution in [2.24, 2.45) is 11.3 Å². The average Bonchev–Trinajstić information content (AvgIpc) is 3.14. The molecule has 1 N–H and O–H groups in total. The van der Waals surface area contributed by atoms with Gasteiger partial charge in [-0.15, -0.1) is 0 Å². The van der Waals surface area contributed by atoms with Gasteiger partial charge in [-0.3, -0.25) is 9.59 Å². The number of piperidine rings is 1. The van der Waals surface area contributed by atoms with E-state index in [0.29, 0.717) is 23.8 Å². The summed E-state index contributed by atoms with van der Waals surface area (Å²) in [4.78, 5) is 29.0. The third-order valence-corrected chi connectivity index (χ3v) is 4.70. The number of carbonyl (C=O) groups excluding carboxylic acids is 1. The van der Waals surface area contributed by atoms with Crippen LogP contribution in [0.4, 0.5) is 0 Å². The van der Waals surface area contributed by atoms with Crippen LogP contribution in [0.25, 0.3) is 0 Å². The van der Waals surface area contributed by atoms with Crippen molar-refractivity contribution in [3.8, 4) is 0 Å². The lowest BCUT2D eigenvalue weighted by Gasteiger charge is -2.32. The molecule has 1 aliphatic heterocycles. The van der Waals surface area contributed by atoms with E-state index in [1.54, 1.807) is 17.0 Å². The van der Waals surface area contributed by atoms with Gasteiger partial charge in [-0.2, -0.15) is 0 Å². The quantitative estimate of drug-likeness (QED) is 0.906. The Bertz CT molecular complexity index is 550. The number of carboxylic acid groups (broad SMARTS) is 1. The summed E-state index contributed by atoms with van der Waals surface area (Å²) < 4.78 is 0. The number of carbonyl (C=O) groups is 2. The highest BCUT2D eigenvalue weighted by Crippen LogP contribution is 2.59. The van der Waals surface area contributed by atoms with E-state index in [2.05, 4.69) is 4.98 Å². The predicted octanol–water partition coefficient (Wildman–Crippen LogP) is 2.06. The van der Waals surface area contributed by atoms with Crippen LogP contribution in [0.2, 0.25) is 5.02 Å². The molecule has 2 fully saturated rings. The van der Waals surface area contributed by atoms with Crippen LogP contribution >= 0.6 is 11.6 Å². The summed E-state index contributed by atoms with van der Waals surface area (Å²) in [5.74, 6) is -1.03. The van der Waals surface area contributed by atoms with Gasteiger partial charge in [0.1, 0.15) is 5.69 Å². The molecule has 0 aromatic carbocycles. The highest BCUT2D eigenvalue weighted by molar-refractivity contribution is 6.30. The molecule has 6 heteroatoms. The summed E-state index contributed by atoms with van der Waals surface area (Å²) in [5, 5.41) is 9.55. The van der Waals surface area contributed by atoms with Gasteiger partial charge in [0.05, 0.1) is 10.9 Å². The Kier molecular flexibility index (Phi) is 3.17. The molecule has 2 heterocycles. The first kappa shape index (κ1) is 13.4. The van der Waals surface area contributed by atoms with Gasteiger partial charge in [-0.1, -0.05) is 11.6 Å². The molecule has 0 radical (unpaired) electrons. The van der Waals surface area contributed by atoms with E-state index in [-0.39, 0.29) is 17.2 Å². The molecular formula is C14H15ClN2O3. The number of hydrogen-bond donors (Lipinski definition) is 1. The molecule has 1 saturated carbocycles. The van der Waals surface area contributed by atoms with E-state index in [1.807, 2.05) is 0 Å². The van der Waals surface area contributed by atoms with Crippen LogP contribution < -0.4 is 0 Å². The van der Waals surface area contributed by atoms with Crippen LogP contribution in [-0.4, -0.2) is 40.0 Å². The molecule has 1 aliphatic carbocycles. The molecule has 1 aromatic rings. The normalized spacial score (nSPS) is 23.6. The number of likely N-dealkylation sites (tertiary alicyclic amines) is 1. The number of rotatable bonds is 2. The highest BCUT2D eigenvalue weighted by Gasteiger charge is 2.59. The third kappa shape index (κ3) is 2.26. The van der Waals surface area contributed by atoms with Gasteiger partial charge in [0.25, 0.3) is 5.91 Å². The Morgan fingerprint density at radius 3 is 2.55 bits per heavy atom. The Balaban J connectivity index is 1.63. The van der Waals surface area contributed by atoms with Crippen molar-refractivity contribution in [3.05, 3.63) is 29.0 Å². The van der Waals surface area contributed by atoms with Crippen molar-refractivity contribution in [1.82, 2.24) is 9.88 Å². The minimum absolute atomic E-state index is 0.0595. The second kappa shape index (κ2) is 4.74. The lowest BCUT2D eigenvalue weighted by atomic mass is 9.90. The number of aliphatic carboxylic acids is 1. The summed E-state index contributed by atoms with van der Waals surface area (Å²) in [6.45, 7) is 1.21. The van der Waals surface area contributed by atoms with Crippen molar-refractivity contribution in [2.45, 2.75) is 19.3 Å². The molecule has 1 unspecified atom stereocenters. The topological polar surface area (TPSA) is 70.5 Å². The zero-order valence-corrected chi connectivity index (χ0v) is 11.6. The summed E-state index contributed by atoms with van der Waals surface area (Å²) in [7, 11) is 0. The minimum Gasteiger partial charge on any atom is -0.481 e. The number of amides is 1. The van der Waals surface area contributed by atoms with Gasteiger partial charge in [0.15, 0.2) is 0 Å². The molecule has 5 nitrogen and oxygen atoms in total. The van der Waals surface area contributed by atoms with Gasteiger partial charge in [0.2, 0.25) is 0 Å². The zero-order valence-electron chi connectivity index (χ0n) is 10.9. The van der Waals surface area contributed by atoms with Crippen LogP contribution in [0, 0.1) is 11.3 Å². The molecule has 1 spiro atoms. The monoisotopic (exact) mass is 294 g/mol. The number of nitrogens with zero attached hydrogens (tertiary/aromatic N) is 2. The molecule has 106 valence electrons. The Morgan fingerprint density at radius 2 is 2.05 bits per heavy atom. The lowest BCUT2D eigenvalue weighted by molar-refractivity contribution is -0.139. The van der Waals surface area contributed by atoms with Gasteiger partial charge in [-0.05, 0) is 36.8 Å². The largest absolute Gasteiger partial charge is 0.481 e.